The molecule has 2 aliphatic heterocycles. The molecule has 2 aromatic heterocycles. The van der Waals surface area contributed by atoms with Gasteiger partial charge in [0.15, 0.2) is 12.6 Å². The Balaban J connectivity index is 1.73. The van der Waals surface area contributed by atoms with Crippen LogP contribution in [0, 0.1) is 0 Å². The predicted molar refractivity (Wildman–Crippen MR) is 118 cm³/mol. The van der Waals surface area contributed by atoms with Crippen LogP contribution in [-0.2, 0) is 13.6 Å². The average molecular weight is 469 g/mol. The average Bonchev–Trinajstić information content (AvgIpc) is 3.15. The maximum absolute atomic E-state index is 12.8. The molecule has 4 N–H and O–H groups in total. The Bertz CT molecular complexity index is 1060. The minimum absolute atomic E-state index is 0.230. The summed E-state index contributed by atoms with van der Waals surface area (Å²) in [5, 5.41) is 10.8. The highest BCUT2D eigenvalue weighted by Gasteiger charge is 2.65. The minimum atomic E-state index is -2.79. The molecule has 4 atom stereocenters. The van der Waals surface area contributed by atoms with Crippen molar-refractivity contribution in [3.05, 3.63) is 15.9 Å². The summed E-state index contributed by atoms with van der Waals surface area (Å²) in [5.41, 5.74) is 5.76. The van der Waals surface area contributed by atoms with Crippen molar-refractivity contribution in [3.8, 4) is 0 Å². The van der Waals surface area contributed by atoms with Gasteiger partial charge in [-0.2, -0.15) is 0 Å². The molecule has 0 aliphatic carbocycles. The van der Waals surface area contributed by atoms with Crippen LogP contribution in [0.4, 0.5) is 5.95 Å². The Morgan fingerprint density at radius 1 is 1.32 bits per heavy atom. The lowest BCUT2D eigenvalue weighted by Gasteiger charge is -2.53. The molecule has 12 heteroatoms. The standard InChI is InChI=1S/C19H29N5O5SSi/c1-18(2,3)31(19(4,5)6)27-8-10-13(29-31)12(25)15(28-10)24-14-11(30-17(24)26)7-21-16(23-14)22-9-20/h7,9-10,12-13,15,25H,8H2,1-6H3,(H2,20,21,22,23)/p+1/t10-,12-,13+,15-/m1/s1. The van der Waals surface area contributed by atoms with Gasteiger partial charge >= 0.3 is 19.4 Å². The smallest absolute Gasteiger partial charge is 0.383 e. The van der Waals surface area contributed by atoms with Gasteiger partial charge in [-0.3, -0.25) is 4.79 Å². The number of nitrogens with two attached hydrogens (primary N) is 1. The van der Waals surface area contributed by atoms with Crippen LogP contribution in [0.25, 0.3) is 10.3 Å². The first-order chi connectivity index (χ1) is 14.4. The van der Waals surface area contributed by atoms with Crippen LogP contribution >= 0.6 is 11.3 Å². The lowest BCUT2D eigenvalue weighted by Crippen LogP contribution is -2.65. The SMILES string of the molecule is CC(C)(C)[Si]1(C(C)(C)C)OC[C@H]2O[C@@H](n3c(=O)sc4cnc(/[NH+]=C\N)nc43)[C@H](O)[C@H]2O1. The van der Waals surface area contributed by atoms with Gasteiger partial charge in [-0.1, -0.05) is 57.9 Å². The molecule has 2 saturated heterocycles. The molecule has 0 amide bonds. The van der Waals surface area contributed by atoms with Crippen LogP contribution in [0.2, 0.25) is 10.1 Å². The third-order valence-corrected chi connectivity index (χ3v) is 11.9. The quantitative estimate of drug-likeness (QED) is 0.325. The van der Waals surface area contributed by atoms with Gasteiger partial charge in [-0.05, 0) is 0 Å². The summed E-state index contributed by atoms with van der Waals surface area (Å²) in [5.74, 6) is 0.248. The van der Waals surface area contributed by atoms with E-state index in [4.69, 9.17) is 19.3 Å². The van der Waals surface area contributed by atoms with Crippen molar-refractivity contribution < 1.29 is 23.7 Å². The lowest BCUT2D eigenvalue weighted by molar-refractivity contribution is -0.359. The molecule has 4 rings (SSSR count). The van der Waals surface area contributed by atoms with Crippen LogP contribution in [0.15, 0.2) is 11.0 Å². The van der Waals surface area contributed by atoms with Gasteiger partial charge in [-0.15, -0.1) is 4.98 Å². The van der Waals surface area contributed by atoms with E-state index in [9.17, 15) is 9.90 Å². The molecule has 170 valence electrons. The Labute approximate surface area is 185 Å². The van der Waals surface area contributed by atoms with Crippen molar-refractivity contribution in [2.75, 3.05) is 6.61 Å². The molecule has 0 unspecified atom stereocenters. The van der Waals surface area contributed by atoms with Crippen molar-refractivity contribution in [2.24, 2.45) is 5.73 Å². The zero-order chi connectivity index (χ0) is 22.8. The Kier molecular flexibility index (Phi) is 5.38. The van der Waals surface area contributed by atoms with Crippen molar-refractivity contribution in [3.63, 3.8) is 0 Å². The van der Waals surface area contributed by atoms with E-state index in [1.165, 1.54) is 10.9 Å². The van der Waals surface area contributed by atoms with E-state index in [1.54, 1.807) is 6.20 Å². The molecule has 0 radical (unpaired) electrons. The van der Waals surface area contributed by atoms with Gasteiger partial charge in [-0.25, -0.2) is 9.56 Å². The number of hydrogen-bond acceptors (Lipinski definition) is 8. The van der Waals surface area contributed by atoms with Crippen molar-refractivity contribution in [1.82, 2.24) is 14.5 Å². The molecule has 0 spiro atoms. The fourth-order valence-corrected chi connectivity index (χ4v) is 10.5. The fraction of sp³-hybridized carbons (Fsp3) is 0.684. The minimum Gasteiger partial charge on any atom is -0.391 e. The Morgan fingerprint density at radius 3 is 2.61 bits per heavy atom. The molecule has 2 aliphatic rings. The van der Waals surface area contributed by atoms with Crippen LogP contribution < -0.4 is 15.6 Å². The van der Waals surface area contributed by atoms with Crippen LogP contribution in [0.1, 0.15) is 47.8 Å². The predicted octanol–water partition coefficient (Wildman–Crippen LogP) is 0.268. The summed E-state index contributed by atoms with van der Waals surface area (Å²) in [4.78, 5) is 23.7. The highest BCUT2D eigenvalue weighted by atomic mass is 32.1. The zero-order valence-corrected chi connectivity index (χ0v) is 20.4. The number of thiazole rings is 1. The van der Waals surface area contributed by atoms with Crippen LogP contribution in [-0.4, -0.2) is 59.5 Å². The zero-order valence-electron chi connectivity index (χ0n) is 18.6. The number of aliphatic hydroxyl groups is 1. The van der Waals surface area contributed by atoms with E-state index in [-0.39, 0.29) is 20.9 Å². The van der Waals surface area contributed by atoms with Gasteiger partial charge in [0.1, 0.15) is 29.2 Å². The third kappa shape index (κ3) is 3.45. The normalized spacial score (nSPS) is 29.0. The number of nitrogens with one attached hydrogen (secondary N) is 1. The van der Waals surface area contributed by atoms with Gasteiger partial charge in [0.25, 0.3) is 0 Å². The van der Waals surface area contributed by atoms with E-state index in [2.05, 4.69) is 56.5 Å². The number of aliphatic hydroxyl groups excluding tert-OH is 1. The Morgan fingerprint density at radius 2 is 2.00 bits per heavy atom. The molecular weight excluding hydrogens is 438 g/mol. The molecule has 2 aromatic rings. The maximum atomic E-state index is 12.8. The highest BCUT2D eigenvalue weighted by molar-refractivity contribution is 7.16. The molecule has 31 heavy (non-hydrogen) atoms. The summed E-state index contributed by atoms with van der Waals surface area (Å²) in [6.07, 6.45) is -0.309. The second-order valence-electron chi connectivity index (χ2n) is 10.00. The van der Waals surface area contributed by atoms with Crippen molar-refractivity contribution in [2.45, 2.75) is 76.2 Å². The number of rotatable bonds is 2. The lowest BCUT2D eigenvalue weighted by atomic mass is 10.1. The third-order valence-electron chi connectivity index (χ3n) is 5.86. The largest absolute Gasteiger partial charge is 0.391 e. The second kappa shape index (κ2) is 7.42. The summed E-state index contributed by atoms with van der Waals surface area (Å²) in [6.45, 7) is 13.0. The second-order valence-corrected chi connectivity index (χ2v) is 15.7. The number of hydrogen-bond donors (Lipinski definition) is 3. The molecule has 2 fully saturated rings. The van der Waals surface area contributed by atoms with E-state index in [0.717, 1.165) is 11.3 Å². The maximum Gasteiger partial charge on any atom is 0.383 e. The number of ether oxygens (including phenoxy) is 1. The first-order valence-electron chi connectivity index (χ1n) is 10.2. The molecule has 0 bridgehead atoms. The monoisotopic (exact) mass is 468 g/mol. The fourth-order valence-electron chi connectivity index (χ4n) is 4.75. The highest BCUT2D eigenvalue weighted by Crippen LogP contribution is 2.55. The van der Waals surface area contributed by atoms with Gasteiger partial charge in [0.2, 0.25) is 5.65 Å². The molecule has 4 heterocycles. The summed E-state index contributed by atoms with van der Waals surface area (Å²) in [6, 6.07) is 0. The van der Waals surface area contributed by atoms with Crippen LogP contribution in [0.5, 0.6) is 0 Å². The molecular formula is C19H30N5O5SSi+. The van der Waals surface area contributed by atoms with E-state index < -0.39 is 33.1 Å². The van der Waals surface area contributed by atoms with Gasteiger partial charge < -0.3 is 24.4 Å². The molecule has 0 saturated carbocycles. The first-order valence-corrected chi connectivity index (χ1v) is 12.9. The van der Waals surface area contributed by atoms with Crippen molar-refractivity contribution >= 4 is 42.5 Å². The topological polar surface area (TPSA) is 136 Å². The van der Waals surface area contributed by atoms with E-state index >= 15 is 0 Å². The van der Waals surface area contributed by atoms with Gasteiger partial charge in [0, 0.05) is 10.1 Å². The van der Waals surface area contributed by atoms with Crippen LogP contribution in [0.3, 0.4) is 0 Å². The Hall–Kier alpha value is -1.70. The molecule has 10 nitrogen and oxygen atoms in total. The van der Waals surface area contributed by atoms with Crippen molar-refractivity contribution in [1.29, 1.82) is 0 Å². The summed E-state index contributed by atoms with van der Waals surface area (Å²) >= 11 is 0.995. The molecule has 0 aromatic carbocycles. The van der Waals surface area contributed by atoms with Gasteiger partial charge in [0.05, 0.1) is 6.61 Å². The summed E-state index contributed by atoms with van der Waals surface area (Å²) < 4.78 is 21.1. The number of nitrogens with zero attached hydrogens (tertiary/aromatic N) is 3. The van der Waals surface area contributed by atoms with E-state index in [0.29, 0.717) is 17.0 Å². The number of fused-ring (bicyclic) bond motifs is 2. The van der Waals surface area contributed by atoms with E-state index in [1.807, 2.05) is 0 Å². The summed E-state index contributed by atoms with van der Waals surface area (Å²) in [7, 11) is -2.79. The first kappa shape index (κ1) is 22.5. The number of aromatic nitrogens is 3.